The average Bonchev–Trinajstić information content (AvgIpc) is 2.58. The van der Waals surface area contributed by atoms with E-state index in [2.05, 4.69) is 15.3 Å². The smallest absolute Gasteiger partial charge is 0.256 e. The first-order chi connectivity index (χ1) is 10.7. The SMILES string of the molecule is Cc1ccc(NC(=O)c2ccc(-c3ccccn3)cc2)nc1. The molecule has 0 saturated heterocycles. The van der Waals surface area contributed by atoms with E-state index >= 15 is 0 Å². The Morgan fingerprint density at radius 3 is 2.41 bits per heavy atom. The Labute approximate surface area is 128 Å². The molecule has 2 heterocycles. The second-order valence-corrected chi connectivity index (χ2v) is 4.97. The van der Waals surface area contributed by atoms with Crippen molar-refractivity contribution in [3.05, 3.63) is 78.1 Å². The van der Waals surface area contributed by atoms with Gasteiger partial charge >= 0.3 is 0 Å². The molecule has 0 bridgehead atoms. The van der Waals surface area contributed by atoms with Gasteiger partial charge in [-0.25, -0.2) is 4.98 Å². The highest BCUT2D eigenvalue weighted by Crippen LogP contribution is 2.17. The summed E-state index contributed by atoms with van der Waals surface area (Å²) in [6.45, 7) is 1.95. The highest BCUT2D eigenvalue weighted by Gasteiger charge is 2.07. The first-order valence-electron chi connectivity index (χ1n) is 6.98. The number of benzene rings is 1. The summed E-state index contributed by atoms with van der Waals surface area (Å²) in [5.74, 6) is 0.369. The Balaban J connectivity index is 1.75. The zero-order valence-electron chi connectivity index (χ0n) is 12.2. The monoisotopic (exact) mass is 289 g/mol. The zero-order valence-corrected chi connectivity index (χ0v) is 12.2. The Bertz CT molecular complexity index is 766. The lowest BCUT2D eigenvalue weighted by molar-refractivity contribution is 0.102. The van der Waals surface area contributed by atoms with Crippen LogP contribution in [-0.4, -0.2) is 15.9 Å². The van der Waals surface area contributed by atoms with Gasteiger partial charge in [0.05, 0.1) is 5.69 Å². The Morgan fingerprint density at radius 2 is 1.77 bits per heavy atom. The summed E-state index contributed by atoms with van der Waals surface area (Å²) in [5.41, 5.74) is 3.50. The number of aryl methyl sites for hydroxylation is 1. The highest BCUT2D eigenvalue weighted by molar-refractivity contribution is 6.03. The highest BCUT2D eigenvalue weighted by atomic mass is 16.1. The number of amides is 1. The lowest BCUT2D eigenvalue weighted by atomic mass is 10.1. The summed E-state index contributed by atoms with van der Waals surface area (Å²) in [6, 6.07) is 16.8. The van der Waals surface area contributed by atoms with Gasteiger partial charge in [0.25, 0.3) is 5.91 Å². The maximum Gasteiger partial charge on any atom is 0.256 e. The van der Waals surface area contributed by atoms with E-state index in [4.69, 9.17) is 0 Å². The van der Waals surface area contributed by atoms with E-state index in [1.807, 2.05) is 43.3 Å². The maximum absolute atomic E-state index is 12.2. The van der Waals surface area contributed by atoms with Crippen LogP contribution in [0, 0.1) is 6.92 Å². The molecule has 1 aromatic carbocycles. The van der Waals surface area contributed by atoms with Gasteiger partial charge in [0, 0.05) is 23.5 Å². The van der Waals surface area contributed by atoms with Crippen LogP contribution in [0.5, 0.6) is 0 Å². The third kappa shape index (κ3) is 3.17. The fraction of sp³-hybridized carbons (Fsp3) is 0.0556. The molecular weight excluding hydrogens is 274 g/mol. The fourth-order valence-corrected chi connectivity index (χ4v) is 2.06. The molecule has 1 amide bonds. The molecule has 4 nitrogen and oxygen atoms in total. The Kier molecular flexibility index (Phi) is 3.92. The number of nitrogens with zero attached hydrogens (tertiary/aromatic N) is 2. The van der Waals surface area contributed by atoms with Crippen molar-refractivity contribution in [3.8, 4) is 11.3 Å². The van der Waals surface area contributed by atoms with E-state index in [9.17, 15) is 4.79 Å². The quantitative estimate of drug-likeness (QED) is 0.799. The van der Waals surface area contributed by atoms with Gasteiger partial charge in [0.1, 0.15) is 5.82 Å². The number of carbonyl (C=O) groups excluding carboxylic acids is 1. The molecule has 4 heteroatoms. The van der Waals surface area contributed by atoms with Crippen LogP contribution >= 0.6 is 0 Å². The maximum atomic E-state index is 12.2. The van der Waals surface area contributed by atoms with Gasteiger partial charge in [-0.15, -0.1) is 0 Å². The number of hydrogen-bond donors (Lipinski definition) is 1. The van der Waals surface area contributed by atoms with Crippen LogP contribution in [-0.2, 0) is 0 Å². The molecule has 3 aromatic rings. The van der Waals surface area contributed by atoms with Crippen molar-refractivity contribution < 1.29 is 4.79 Å². The van der Waals surface area contributed by atoms with Crippen molar-refractivity contribution in [3.63, 3.8) is 0 Å². The van der Waals surface area contributed by atoms with E-state index < -0.39 is 0 Å². The molecule has 0 unspecified atom stereocenters. The number of pyridine rings is 2. The van der Waals surface area contributed by atoms with Gasteiger partial charge in [0.2, 0.25) is 0 Å². The molecule has 0 aliphatic rings. The molecule has 22 heavy (non-hydrogen) atoms. The third-order valence-corrected chi connectivity index (χ3v) is 3.26. The lowest BCUT2D eigenvalue weighted by Crippen LogP contribution is -2.12. The molecule has 2 aromatic heterocycles. The van der Waals surface area contributed by atoms with Crippen molar-refractivity contribution in [2.75, 3.05) is 5.32 Å². The summed E-state index contributed by atoms with van der Waals surface area (Å²) in [6.07, 6.45) is 3.47. The molecule has 3 rings (SSSR count). The zero-order chi connectivity index (χ0) is 15.4. The Hall–Kier alpha value is -3.01. The lowest BCUT2D eigenvalue weighted by Gasteiger charge is -2.06. The topological polar surface area (TPSA) is 54.9 Å². The van der Waals surface area contributed by atoms with Crippen LogP contribution in [0.25, 0.3) is 11.3 Å². The van der Waals surface area contributed by atoms with Gasteiger partial charge < -0.3 is 5.32 Å². The van der Waals surface area contributed by atoms with Crippen molar-refractivity contribution >= 4 is 11.7 Å². The van der Waals surface area contributed by atoms with Gasteiger partial charge in [-0.3, -0.25) is 9.78 Å². The predicted molar refractivity (Wildman–Crippen MR) is 86.6 cm³/mol. The third-order valence-electron chi connectivity index (χ3n) is 3.26. The normalized spacial score (nSPS) is 10.2. The van der Waals surface area contributed by atoms with E-state index in [0.717, 1.165) is 16.8 Å². The van der Waals surface area contributed by atoms with Crippen LogP contribution in [0.1, 0.15) is 15.9 Å². The van der Waals surface area contributed by atoms with Gasteiger partial charge in [0.15, 0.2) is 0 Å². The number of carbonyl (C=O) groups is 1. The second-order valence-electron chi connectivity index (χ2n) is 4.97. The summed E-state index contributed by atoms with van der Waals surface area (Å²) in [7, 11) is 0. The molecule has 0 spiro atoms. The van der Waals surface area contributed by atoms with Crippen LogP contribution in [0.4, 0.5) is 5.82 Å². The standard InChI is InChI=1S/C18H15N3O/c1-13-5-10-17(20-12-13)21-18(22)15-8-6-14(7-9-15)16-4-2-3-11-19-16/h2-12H,1H3,(H,20,21,22). The molecule has 0 fully saturated rings. The van der Waals surface area contributed by atoms with Crippen LogP contribution < -0.4 is 5.32 Å². The first kappa shape index (κ1) is 13.9. The second kappa shape index (κ2) is 6.18. The largest absolute Gasteiger partial charge is 0.307 e. The van der Waals surface area contributed by atoms with Gasteiger partial charge in [-0.2, -0.15) is 0 Å². The summed E-state index contributed by atoms with van der Waals surface area (Å²) in [4.78, 5) is 20.6. The predicted octanol–water partition coefficient (Wildman–Crippen LogP) is 3.70. The van der Waals surface area contributed by atoms with Crippen molar-refractivity contribution in [2.24, 2.45) is 0 Å². The van der Waals surface area contributed by atoms with Crippen molar-refractivity contribution in [1.29, 1.82) is 0 Å². The van der Waals surface area contributed by atoms with Crippen LogP contribution in [0.2, 0.25) is 0 Å². The molecule has 0 atom stereocenters. The molecule has 0 aliphatic heterocycles. The minimum absolute atomic E-state index is 0.177. The van der Waals surface area contributed by atoms with E-state index in [1.54, 1.807) is 30.6 Å². The number of rotatable bonds is 3. The first-order valence-corrected chi connectivity index (χ1v) is 6.98. The molecule has 1 N–H and O–H groups in total. The molecule has 0 radical (unpaired) electrons. The van der Waals surface area contributed by atoms with Crippen molar-refractivity contribution in [1.82, 2.24) is 9.97 Å². The van der Waals surface area contributed by atoms with E-state index in [1.165, 1.54) is 0 Å². The average molecular weight is 289 g/mol. The fourth-order valence-electron chi connectivity index (χ4n) is 2.06. The van der Waals surface area contributed by atoms with Crippen LogP contribution in [0.3, 0.4) is 0 Å². The molecule has 0 saturated carbocycles. The van der Waals surface area contributed by atoms with Crippen LogP contribution in [0.15, 0.2) is 67.0 Å². The molecule has 108 valence electrons. The summed E-state index contributed by atoms with van der Waals surface area (Å²) in [5, 5.41) is 2.78. The summed E-state index contributed by atoms with van der Waals surface area (Å²) >= 11 is 0. The van der Waals surface area contributed by atoms with Gasteiger partial charge in [-0.05, 0) is 42.8 Å². The Morgan fingerprint density at radius 1 is 0.955 bits per heavy atom. The number of anilines is 1. The number of aromatic nitrogens is 2. The number of nitrogens with one attached hydrogen (secondary N) is 1. The van der Waals surface area contributed by atoms with Crippen molar-refractivity contribution in [2.45, 2.75) is 6.92 Å². The van der Waals surface area contributed by atoms with E-state index in [-0.39, 0.29) is 5.91 Å². The minimum atomic E-state index is -0.177. The molecule has 0 aliphatic carbocycles. The molecular formula is C18H15N3O. The minimum Gasteiger partial charge on any atom is -0.307 e. The van der Waals surface area contributed by atoms with E-state index in [0.29, 0.717) is 11.4 Å². The van der Waals surface area contributed by atoms with Gasteiger partial charge in [-0.1, -0.05) is 24.3 Å². The number of hydrogen-bond acceptors (Lipinski definition) is 3. The summed E-state index contributed by atoms with van der Waals surface area (Å²) < 4.78 is 0.